The molecule has 3 aromatic rings. The van der Waals surface area contributed by atoms with Crippen molar-refractivity contribution >= 4 is 38.9 Å². The number of carbonyl (C=O) groups is 1. The zero-order valence-corrected chi connectivity index (χ0v) is 17.9. The van der Waals surface area contributed by atoms with Gasteiger partial charge in [-0.05, 0) is 55.0 Å². The van der Waals surface area contributed by atoms with E-state index in [1.165, 1.54) is 36.4 Å². The molecule has 1 aliphatic heterocycles. The summed E-state index contributed by atoms with van der Waals surface area (Å²) in [5, 5.41) is 7.09. The quantitative estimate of drug-likeness (QED) is 0.638. The third kappa shape index (κ3) is 4.17. The van der Waals surface area contributed by atoms with Crippen LogP contribution >= 0.6 is 11.6 Å². The van der Waals surface area contributed by atoms with Gasteiger partial charge in [-0.1, -0.05) is 35.9 Å². The lowest BCUT2D eigenvalue weighted by molar-refractivity contribution is -0.116. The Balaban J connectivity index is 1.75. The summed E-state index contributed by atoms with van der Waals surface area (Å²) < 4.78 is 41.4. The molecule has 0 unspecified atom stereocenters. The number of halogens is 2. The molecule has 0 saturated heterocycles. The highest BCUT2D eigenvalue weighted by atomic mass is 35.5. The van der Waals surface area contributed by atoms with Crippen LogP contribution in [0, 0.1) is 12.7 Å². The molecule has 0 bridgehead atoms. The van der Waals surface area contributed by atoms with E-state index in [1.807, 2.05) is 13.0 Å². The van der Waals surface area contributed by atoms with Crippen molar-refractivity contribution in [2.45, 2.75) is 11.8 Å². The van der Waals surface area contributed by atoms with Crippen molar-refractivity contribution < 1.29 is 17.6 Å². The molecule has 1 N–H and O–H groups in total. The largest absolute Gasteiger partial charge is 0.324 e. The molecule has 9 heteroatoms. The molecule has 1 aliphatic rings. The van der Waals surface area contributed by atoms with Gasteiger partial charge in [-0.3, -0.25) is 4.79 Å². The lowest BCUT2D eigenvalue weighted by atomic mass is 10.0. The summed E-state index contributed by atoms with van der Waals surface area (Å²) in [7, 11) is -4.14. The van der Waals surface area contributed by atoms with Crippen LogP contribution in [0.15, 0.2) is 76.7 Å². The van der Waals surface area contributed by atoms with Crippen LogP contribution in [0.25, 0.3) is 0 Å². The number of amides is 1. The van der Waals surface area contributed by atoms with Gasteiger partial charge in [0.1, 0.15) is 18.1 Å². The van der Waals surface area contributed by atoms with Crippen molar-refractivity contribution in [1.82, 2.24) is 4.41 Å². The smallest absolute Gasteiger partial charge is 0.280 e. The number of benzene rings is 3. The average Bonchev–Trinajstić information content (AvgIpc) is 2.70. The van der Waals surface area contributed by atoms with E-state index in [-0.39, 0.29) is 26.8 Å². The highest BCUT2D eigenvalue weighted by molar-refractivity contribution is 7.89. The van der Waals surface area contributed by atoms with Crippen molar-refractivity contribution in [2.75, 3.05) is 11.9 Å². The van der Waals surface area contributed by atoms with E-state index in [1.54, 1.807) is 24.3 Å². The number of aryl methyl sites for hydroxylation is 1. The van der Waals surface area contributed by atoms with Crippen LogP contribution in [-0.4, -0.2) is 31.0 Å². The van der Waals surface area contributed by atoms with Gasteiger partial charge in [0.15, 0.2) is 0 Å². The van der Waals surface area contributed by atoms with Gasteiger partial charge in [-0.2, -0.15) is 17.9 Å². The van der Waals surface area contributed by atoms with E-state index in [2.05, 4.69) is 10.4 Å². The third-order valence-electron chi connectivity index (χ3n) is 4.67. The molecule has 0 spiro atoms. The maximum Gasteiger partial charge on any atom is 0.280 e. The van der Waals surface area contributed by atoms with Crippen molar-refractivity contribution in [3.05, 3.63) is 94.3 Å². The van der Waals surface area contributed by atoms with Crippen LogP contribution in [0.1, 0.15) is 16.7 Å². The first-order valence-corrected chi connectivity index (χ1v) is 11.1. The number of nitrogens with one attached hydrogen (secondary N) is 1. The van der Waals surface area contributed by atoms with Crippen LogP contribution in [0.4, 0.5) is 10.1 Å². The van der Waals surface area contributed by atoms with Crippen LogP contribution in [0.3, 0.4) is 0 Å². The van der Waals surface area contributed by atoms with Gasteiger partial charge in [-0.15, -0.1) is 0 Å². The van der Waals surface area contributed by atoms with Crippen LogP contribution in [0.5, 0.6) is 0 Å². The van der Waals surface area contributed by atoms with E-state index >= 15 is 0 Å². The number of nitrogens with zero attached hydrogens (tertiary/aromatic N) is 2. The highest BCUT2D eigenvalue weighted by Gasteiger charge is 2.35. The minimum Gasteiger partial charge on any atom is -0.324 e. The van der Waals surface area contributed by atoms with Crippen molar-refractivity contribution in [3.63, 3.8) is 0 Å². The topological polar surface area (TPSA) is 78.8 Å². The normalized spacial score (nSPS) is 14.5. The predicted octanol–water partition coefficient (Wildman–Crippen LogP) is 4.18. The van der Waals surface area contributed by atoms with Crippen LogP contribution < -0.4 is 5.32 Å². The molecule has 0 saturated carbocycles. The molecule has 3 aromatic carbocycles. The molecule has 0 aromatic heterocycles. The number of carbonyl (C=O) groups excluding carboxylic acids is 1. The Kier molecular flexibility index (Phi) is 5.51. The molecule has 31 heavy (non-hydrogen) atoms. The molecule has 1 heterocycles. The summed E-state index contributed by atoms with van der Waals surface area (Å²) in [5.74, 6) is -1.15. The summed E-state index contributed by atoms with van der Waals surface area (Å²) in [6.07, 6.45) is 0. The Morgan fingerprint density at radius 3 is 2.58 bits per heavy atom. The van der Waals surface area contributed by atoms with Crippen LogP contribution in [0.2, 0.25) is 5.02 Å². The minimum absolute atomic E-state index is 0.0776. The fourth-order valence-electron chi connectivity index (χ4n) is 3.26. The summed E-state index contributed by atoms with van der Waals surface area (Å²) in [4.78, 5) is 12.5. The van der Waals surface area contributed by atoms with Gasteiger partial charge in [0.25, 0.3) is 10.0 Å². The van der Waals surface area contributed by atoms with E-state index in [9.17, 15) is 17.6 Å². The van der Waals surface area contributed by atoms with Crippen molar-refractivity contribution in [1.29, 1.82) is 0 Å². The van der Waals surface area contributed by atoms with Gasteiger partial charge in [-0.25, -0.2) is 4.39 Å². The Hall–Kier alpha value is -3.23. The summed E-state index contributed by atoms with van der Waals surface area (Å²) >= 11 is 6.06. The second-order valence-electron chi connectivity index (χ2n) is 6.97. The average molecular weight is 458 g/mol. The maximum absolute atomic E-state index is 14.5. The molecule has 0 fully saturated rings. The zero-order chi connectivity index (χ0) is 22.2. The first-order chi connectivity index (χ1) is 14.8. The highest BCUT2D eigenvalue weighted by Crippen LogP contribution is 2.31. The second kappa shape index (κ2) is 8.13. The number of hydrazone groups is 1. The second-order valence-corrected chi connectivity index (χ2v) is 9.22. The van der Waals surface area contributed by atoms with Gasteiger partial charge < -0.3 is 5.32 Å². The van der Waals surface area contributed by atoms with E-state index in [4.69, 9.17) is 11.6 Å². The Labute approximate surface area is 184 Å². The molecule has 158 valence electrons. The van der Waals surface area contributed by atoms with Gasteiger partial charge in [0.05, 0.1) is 4.90 Å². The fourth-order valence-corrected chi connectivity index (χ4v) is 4.81. The zero-order valence-electron chi connectivity index (χ0n) is 16.3. The first kappa shape index (κ1) is 21.0. The van der Waals surface area contributed by atoms with E-state index < -0.39 is 28.3 Å². The Morgan fingerprint density at radius 1 is 1.06 bits per heavy atom. The maximum atomic E-state index is 14.5. The molecular weight excluding hydrogens is 441 g/mol. The number of hydrogen-bond acceptors (Lipinski definition) is 4. The van der Waals surface area contributed by atoms with E-state index in [0.717, 1.165) is 5.56 Å². The SMILES string of the molecule is Cc1cccc(NC(=O)CN2N=C(c3ccccc3F)c3cc(Cl)ccc3S2(=O)=O)c1. The Morgan fingerprint density at radius 2 is 1.84 bits per heavy atom. The first-order valence-electron chi connectivity index (χ1n) is 9.28. The number of sulfonamides is 1. The van der Waals surface area contributed by atoms with Crippen molar-refractivity contribution in [3.8, 4) is 0 Å². The molecule has 4 rings (SSSR count). The molecule has 6 nitrogen and oxygen atoms in total. The molecule has 0 aliphatic carbocycles. The number of fused-ring (bicyclic) bond motifs is 1. The van der Waals surface area contributed by atoms with Crippen molar-refractivity contribution in [2.24, 2.45) is 5.10 Å². The monoisotopic (exact) mass is 457 g/mol. The summed E-state index contributed by atoms with van der Waals surface area (Å²) in [6.45, 7) is 1.30. The summed E-state index contributed by atoms with van der Waals surface area (Å²) in [6, 6.07) is 17.1. The lowest BCUT2D eigenvalue weighted by Gasteiger charge is -2.27. The van der Waals surface area contributed by atoms with Gasteiger partial charge in [0.2, 0.25) is 5.91 Å². The number of rotatable bonds is 4. The van der Waals surface area contributed by atoms with Crippen LogP contribution in [-0.2, 0) is 14.8 Å². The molecular formula is C22H17ClFN3O3S. The Bertz CT molecular complexity index is 1330. The van der Waals surface area contributed by atoms with E-state index in [0.29, 0.717) is 10.1 Å². The molecule has 1 amide bonds. The fraction of sp³-hybridized carbons (Fsp3) is 0.0909. The minimum atomic E-state index is -4.14. The number of hydrogen-bond donors (Lipinski definition) is 1. The third-order valence-corrected chi connectivity index (χ3v) is 6.59. The summed E-state index contributed by atoms with van der Waals surface area (Å²) in [5.41, 5.74) is 1.82. The molecule has 0 radical (unpaired) electrons. The predicted molar refractivity (Wildman–Crippen MR) is 117 cm³/mol. The number of anilines is 1. The van der Waals surface area contributed by atoms with Gasteiger partial charge >= 0.3 is 0 Å². The van der Waals surface area contributed by atoms with Gasteiger partial charge in [0, 0.05) is 21.8 Å². The molecule has 0 atom stereocenters. The lowest BCUT2D eigenvalue weighted by Crippen LogP contribution is -2.38. The standard InChI is InChI=1S/C22H17ClFN3O3S/c1-14-5-4-6-16(11-14)25-21(28)13-27-26-22(17-7-2-3-8-19(17)24)18-12-15(23)9-10-20(18)31(27,29)30/h2-12H,13H2,1H3,(H,25,28).